The maximum atomic E-state index is 12.9. The Morgan fingerprint density at radius 1 is 1.33 bits per heavy atom. The molecule has 0 aliphatic carbocycles. The summed E-state index contributed by atoms with van der Waals surface area (Å²) in [6, 6.07) is 3.67. The number of carbonyl (C=O) groups excluding carboxylic acids is 1. The number of amides is 1. The molecule has 4 heterocycles. The van der Waals surface area contributed by atoms with E-state index in [2.05, 4.69) is 5.32 Å². The zero-order valence-electron chi connectivity index (χ0n) is 18.6. The largest absolute Gasteiger partial charge is 0.491 e. The van der Waals surface area contributed by atoms with Gasteiger partial charge in [-0.15, -0.1) is 0 Å². The standard InChI is InChI=1S/C21H26N6O5S/c1-24-10-13(19(29)26(3)21(24)30)27(12-22)11-16(28)23-20-25(2)17(14-6-4-8-31-14)18(33-20)15-7-5-9-32-15/h5-7,9-10,20H,4,8,11-12,22H2,1-3H3,(H,23,28). The van der Waals surface area contributed by atoms with Crippen LogP contribution in [0.25, 0.3) is 4.91 Å². The van der Waals surface area contributed by atoms with Crippen LogP contribution in [0.15, 0.2) is 56.1 Å². The highest BCUT2D eigenvalue weighted by atomic mass is 32.2. The van der Waals surface area contributed by atoms with Crippen molar-refractivity contribution in [3.8, 4) is 0 Å². The predicted octanol–water partition coefficient (Wildman–Crippen LogP) is 0.151. The third-order valence-corrected chi connectivity index (χ3v) is 6.73. The summed E-state index contributed by atoms with van der Waals surface area (Å²) < 4.78 is 13.6. The molecule has 2 aromatic heterocycles. The fourth-order valence-electron chi connectivity index (χ4n) is 3.71. The molecular formula is C21H26N6O5S. The van der Waals surface area contributed by atoms with Gasteiger partial charge in [-0.3, -0.25) is 14.2 Å². The summed E-state index contributed by atoms with van der Waals surface area (Å²) in [7, 11) is 4.79. The maximum Gasteiger partial charge on any atom is 0.330 e. The van der Waals surface area contributed by atoms with Gasteiger partial charge in [0.25, 0.3) is 5.56 Å². The van der Waals surface area contributed by atoms with Gasteiger partial charge in [0.05, 0.1) is 36.7 Å². The second-order valence-corrected chi connectivity index (χ2v) is 8.75. The Hall–Kier alpha value is -3.38. The summed E-state index contributed by atoms with van der Waals surface area (Å²) in [4.78, 5) is 41.7. The topological polar surface area (TPSA) is 128 Å². The van der Waals surface area contributed by atoms with E-state index in [1.165, 1.54) is 41.5 Å². The van der Waals surface area contributed by atoms with Crippen LogP contribution in [0.5, 0.6) is 0 Å². The molecule has 0 radical (unpaired) electrons. The van der Waals surface area contributed by atoms with Gasteiger partial charge in [-0.25, -0.2) is 4.79 Å². The van der Waals surface area contributed by atoms with Crippen LogP contribution in [0.3, 0.4) is 0 Å². The van der Waals surface area contributed by atoms with Crippen LogP contribution >= 0.6 is 11.8 Å². The van der Waals surface area contributed by atoms with Crippen molar-refractivity contribution in [2.45, 2.75) is 11.9 Å². The van der Waals surface area contributed by atoms with Crippen LogP contribution in [0.1, 0.15) is 12.2 Å². The van der Waals surface area contributed by atoms with Gasteiger partial charge in [-0.2, -0.15) is 0 Å². The number of nitrogens with zero attached hydrogens (tertiary/aromatic N) is 4. The predicted molar refractivity (Wildman–Crippen MR) is 125 cm³/mol. The van der Waals surface area contributed by atoms with Crippen molar-refractivity contribution in [2.75, 3.05) is 31.8 Å². The van der Waals surface area contributed by atoms with E-state index in [9.17, 15) is 14.4 Å². The molecule has 4 rings (SSSR count). The molecule has 1 unspecified atom stereocenters. The fourth-order valence-corrected chi connectivity index (χ4v) is 4.98. The Morgan fingerprint density at radius 2 is 2.12 bits per heavy atom. The summed E-state index contributed by atoms with van der Waals surface area (Å²) in [5.74, 6) is 1.11. The summed E-state index contributed by atoms with van der Waals surface area (Å²) in [5, 5.41) is 2.98. The average Bonchev–Trinajstić information content (AvgIpc) is 3.55. The molecular weight excluding hydrogens is 448 g/mol. The van der Waals surface area contributed by atoms with Crippen LogP contribution in [0.4, 0.5) is 5.69 Å². The zero-order valence-corrected chi connectivity index (χ0v) is 19.4. The number of aryl methyl sites for hydroxylation is 1. The SMILES string of the molecule is CN1C(C2=CCCO2)=C(c2ccco2)SC1NC(=O)CN(CN)c1cn(C)c(=O)n(C)c1=O. The van der Waals surface area contributed by atoms with E-state index < -0.39 is 16.7 Å². The van der Waals surface area contributed by atoms with Crippen LogP contribution in [-0.4, -0.2) is 52.3 Å². The van der Waals surface area contributed by atoms with Crippen molar-refractivity contribution in [2.24, 2.45) is 19.8 Å². The minimum atomic E-state index is -0.516. The first-order valence-corrected chi connectivity index (χ1v) is 11.2. The molecule has 2 aromatic rings. The molecule has 2 aliphatic rings. The number of thioether (sulfide) groups is 1. The van der Waals surface area contributed by atoms with Crippen molar-refractivity contribution in [3.05, 3.63) is 68.7 Å². The zero-order chi connectivity index (χ0) is 23.7. The van der Waals surface area contributed by atoms with Crippen LogP contribution < -0.4 is 27.2 Å². The van der Waals surface area contributed by atoms with Gasteiger partial charge in [0, 0.05) is 33.8 Å². The first-order valence-electron chi connectivity index (χ1n) is 10.3. The molecule has 0 saturated carbocycles. The molecule has 0 bridgehead atoms. The van der Waals surface area contributed by atoms with Gasteiger partial charge in [0.2, 0.25) is 5.91 Å². The third kappa shape index (κ3) is 4.31. The molecule has 0 saturated heterocycles. The van der Waals surface area contributed by atoms with Gasteiger partial charge in [0.15, 0.2) is 5.50 Å². The maximum absolute atomic E-state index is 12.9. The van der Waals surface area contributed by atoms with Crippen molar-refractivity contribution in [1.29, 1.82) is 0 Å². The number of carbonyl (C=O) groups is 1. The molecule has 1 atom stereocenters. The number of likely N-dealkylation sites (N-methyl/N-ethyl adjacent to an activating group) is 1. The number of ether oxygens (including phenoxy) is 1. The molecule has 0 fully saturated rings. The van der Waals surface area contributed by atoms with Crippen LogP contribution in [-0.2, 0) is 23.6 Å². The van der Waals surface area contributed by atoms with Crippen molar-refractivity contribution in [3.63, 3.8) is 0 Å². The number of hydrogen-bond acceptors (Lipinski definition) is 9. The second-order valence-electron chi connectivity index (χ2n) is 7.66. The highest BCUT2D eigenvalue weighted by molar-refractivity contribution is 8.09. The Labute approximate surface area is 194 Å². The Morgan fingerprint density at radius 3 is 2.76 bits per heavy atom. The normalized spacial score (nSPS) is 17.9. The van der Waals surface area contributed by atoms with Gasteiger partial charge in [0.1, 0.15) is 17.2 Å². The first kappa shape index (κ1) is 22.8. The van der Waals surface area contributed by atoms with Crippen LogP contribution in [0, 0.1) is 0 Å². The second kappa shape index (κ2) is 9.24. The number of anilines is 1. The summed E-state index contributed by atoms with van der Waals surface area (Å²) in [6.07, 6.45) is 5.83. The monoisotopic (exact) mass is 474 g/mol. The van der Waals surface area contributed by atoms with Crippen molar-refractivity contribution in [1.82, 2.24) is 19.4 Å². The lowest BCUT2D eigenvalue weighted by atomic mass is 10.2. The minimum absolute atomic E-state index is 0.0730. The minimum Gasteiger partial charge on any atom is -0.491 e. The van der Waals surface area contributed by atoms with Gasteiger partial charge >= 0.3 is 5.69 Å². The third-order valence-electron chi connectivity index (χ3n) is 5.44. The molecule has 11 nitrogen and oxygen atoms in total. The van der Waals surface area contributed by atoms with E-state index in [1.54, 1.807) is 6.26 Å². The molecule has 3 N–H and O–H groups in total. The van der Waals surface area contributed by atoms with E-state index in [0.717, 1.165) is 27.3 Å². The van der Waals surface area contributed by atoms with E-state index >= 15 is 0 Å². The van der Waals surface area contributed by atoms with Crippen LogP contribution in [0.2, 0.25) is 0 Å². The Balaban J connectivity index is 1.52. The molecule has 0 spiro atoms. The Bertz CT molecular complexity index is 1230. The fraction of sp³-hybridized carbons (Fsp3) is 0.381. The first-order chi connectivity index (χ1) is 15.8. The van der Waals surface area contributed by atoms with Crippen molar-refractivity contribution >= 4 is 28.3 Å². The molecule has 176 valence electrons. The molecule has 33 heavy (non-hydrogen) atoms. The number of aromatic nitrogens is 2. The van der Waals surface area contributed by atoms with Crippen molar-refractivity contribution < 1.29 is 13.9 Å². The molecule has 2 aliphatic heterocycles. The summed E-state index contributed by atoms with van der Waals surface area (Å²) in [5.41, 5.74) is 5.47. The van der Waals surface area contributed by atoms with Gasteiger partial charge < -0.3 is 34.6 Å². The molecule has 0 aromatic carbocycles. The smallest absolute Gasteiger partial charge is 0.330 e. The average molecular weight is 475 g/mol. The van der Waals surface area contributed by atoms with E-state index in [1.807, 2.05) is 30.2 Å². The highest BCUT2D eigenvalue weighted by Gasteiger charge is 2.36. The summed E-state index contributed by atoms with van der Waals surface area (Å²) in [6.45, 7) is 0.385. The lowest BCUT2D eigenvalue weighted by Gasteiger charge is -2.27. The van der Waals surface area contributed by atoms with E-state index in [4.69, 9.17) is 14.9 Å². The quantitative estimate of drug-likeness (QED) is 0.539. The van der Waals surface area contributed by atoms with E-state index in [-0.39, 0.29) is 24.8 Å². The van der Waals surface area contributed by atoms with Gasteiger partial charge in [-0.05, 0) is 18.2 Å². The number of nitrogens with two attached hydrogens (primary N) is 1. The molecule has 1 amide bonds. The molecule has 12 heteroatoms. The number of nitrogens with one attached hydrogen (secondary N) is 1. The number of rotatable bonds is 7. The van der Waals surface area contributed by atoms with E-state index in [0.29, 0.717) is 12.4 Å². The lowest BCUT2D eigenvalue weighted by molar-refractivity contribution is -0.120. The summed E-state index contributed by atoms with van der Waals surface area (Å²) >= 11 is 1.44. The Kier molecular flexibility index (Phi) is 6.38. The highest BCUT2D eigenvalue weighted by Crippen LogP contribution is 2.46. The number of furan rings is 1. The number of hydrogen-bond donors (Lipinski definition) is 2. The lowest BCUT2D eigenvalue weighted by Crippen LogP contribution is -2.49. The van der Waals surface area contributed by atoms with Gasteiger partial charge in [-0.1, -0.05) is 11.8 Å².